The summed E-state index contributed by atoms with van der Waals surface area (Å²) in [6.07, 6.45) is 5.89. The van der Waals surface area contributed by atoms with Gasteiger partial charge in [-0.25, -0.2) is 4.79 Å². The number of carbonyl (C=O) groups is 2. The van der Waals surface area contributed by atoms with E-state index in [0.717, 1.165) is 32.1 Å². The number of nitrogens with zero attached hydrogens (tertiary/aromatic N) is 1. The highest BCUT2D eigenvalue weighted by molar-refractivity contribution is 5.90. The molecule has 1 aliphatic carbocycles. The first kappa shape index (κ1) is 21.6. The lowest BCUT2D eigenvalue weighted by molar-refractivity contribution is -0.125. The molecule has 3 amide bonds. The van der Waals surface area contributed by atoms with Gasteiger partial charge in [0.2, 0.25) is 5.91 Å². The Hall–Kier alpha value is -2.13. The van der Waals surface area contributed by atoms with E-state index in [4.69, 9.17) is 9.26 Å². The minimum Gasteiger partial charge on any atom is -0.394 e. The molecule has 0 radical (unpaired) electrons. The van der Waals surface area contributed by atoms with Crippen LogP contribution in [-0.4, -0.2) is 53.6 Å². The van der Waals surface area contributed by atoms with E-state index < -0.39 is 6.10 Å². The maximum atomic E-state index is 12.3. The van der Waals surface area contributed by atoms with E-state index in [1.807, 2.05) is 0 Å². The number of aromatic nitrogens is 1. The van der Waals surface area contributed by atoms with Crippen LogP contribution in [0.1, 0.15) is 56.4 Å². The Morgan fingerprint density at radius 2 is 1.93 bits per heavy atom. The van der Waals surface area contributed by atoms with Gasteiger partial charge in [0.1, 0.15) is 17.5 Å². The number of urea groups is 1. The maximum absolute atomic E-state index is 12.3. The van der Waals surface area contributed by atoms with Crippen LogP contribution in [0.5, 0.6) is 0 Å². The average Bonchev–Trinajstić information content (AvgIpc) is 3.35. The second kappa shape index (κ2) is 10.1. The Kier molecular flexibility index (Phi) is 7.49. The molecule has 1 aliphatic heterocycles. The lowest BCUT2D eigenvalue weighted by Crippen LogP contribution is -2.52. The molecule has 0 bridgehead atoms. The van der Waals surface area contributed by atoms with Crippen LogP contribution >= 0.6 is 0 Å². The Balaban J connectivity index is 1.41. The fraction of sp³-hybridized carbons (Fsp3) is 0.750. The van der Waals surface area contributed by atoms with E-state index in [2.05, 4.69) is 21.1 Å². The number of aryl methyl sites for hydroxylation is 2. The van der Waals surface area contributed by atoms with Crippen molar-refractivity contribution in [3.05, 3.63) is 11.5 Å². The number of ether oxygens (including phenoxy) is 1. The predicted molar refractivity (Wildman–Crippen MR) is 106 cm³/mol. The number of hydrogen-bond acceptors (Lipinski definition) is 6. The summed E-state index contributed by atoms with van der Waals surface area (Å²) in [4.78, 5) is 24.4. The van der Waals surface area contributed by atoms with E-state index in [-0.39, 0.29) is 36.6 Å². The lowest BCUT2D eigenvalue weighted by Gasteiger charge is -2.36. The van der Waals surface area contributed by atoms with Crippen molar-refractivity contribution in [1.29, 1.82) is 0 Å². The molecule has 2 aliphatic rings. The average molecular weight is 408 g/mol. The first-order valence-electron chi connectivity index (χ1n) is 10.5. The molecule has 1 aromatic heterocycles. The van der Waals surface area contributed by atoms with Crippen molar-refractivity contribution in [2.24, 2.45) is 5.92 Å². The molecule has 3 rings (SSSR count). The first-order chi connectivity index (χ1) is 14.0. The number of aliphatic hydroxyl groups is 1. The second-order valence-corrected chi connectivity index (χ2v) is 8.02. The smallest absolute Gasteiger partial charge is 0.319 e. The lowest BCUT2D eigenvalue weighted by atomic mass is 9.97. The zero-order valence-corrected chi connectivity index (χ0v) is 17.2. The highest BCUT2D eigenvalue weighted by Gasteiger charge is 2.32. The molecule has 9 heteroatoms. The molecule has 0 spiro atoms. The number of carbonyl (C=O) groups excluding carboxylic acids is 2. The molecule has 3 atom stereocenters. The number of anilines is 1. The maximum Gasteiger partial charge on any atom is 0.319 e. The van der Waals surface area contributed by atoms with Crippen molar-refractivity contribution < 1.29 is 24.0 Å². The van der Waals surface area contributed by atoms with Crippen LogP contribution in [0.4, 0.5) is 10.5 Å². The molecule has 1 saturated heterocycles. The van der Waals surface area contributed by atoms with Gasteiger partial charge in [-0.3, -0.25) is 4.79 Å². The van der Waals surface area contributed by atoms with Crippen molar-refractivity contribution >= 4 is 17.6 Å². The van der Waals surface area contributed by atoms with Gasteiger partial charge in [-0.05, 0) is 46.0 Å². The van der Waals surface area contributed by atoms with Crippen LogP contribution < -0.4 is 16.0 Å². The third-order valence-electron chi connectivity index (χ3n) is 5.88. The molecule has 0 unspecified atom stereocenters. The largest absolute Gasteiger partial charge is 0.394 e. The number of rotatable bonds is 7. The van der Waals surface area contributed by atoms with Gasteiger partial charge in [-0.15, -0.1) is 0 Å². The van der Waals surface area contributed by atoms with Crippen LogP contribution in [0.2, 0.25) is 0 Å². The second-order valence-electron chi connectivity index (χ2n) is 8.02. The van der Waals surface area contributed by atoms with Gasteiger partial charge in [0.15, 0.2) is 5.76 Å². The summed E-state index contributed by atoms with van der Waals surface area (Å²) in [7, 11) is 0. The standard InChI is InChI=1S/C20H32N4O5/c1-12-18(13(2)29-24-12)23-20(27)22-16-8-7-15(28-17(16)11-25)9-10-21-19(26)14-5-3-4-6-14/h14-17,25H,3-11H2,1-2H3,(H,21,26)(H2,22,23,27)/t15-,16+,17+/m0/s1. The Bertz CT molecular complexity index is 682. The predicted octanol–water partition coefficient (Wildman–Crippen LogP) is 2.02. The number of hydrogen-bond donors (Lipinski definition) is 4. The number of nitrogens with one attached hydrogen (secondary N) is 3. The molecule has 0 aromatic carbocycles. The van der Waals surface area contributed by atoms with Crippen molar-refractivity contribution in [2.45, 2.75) is 77.0 Å². The van der Waals surface area contributed by atoms with E-state index in [1.165, 1.54) is 0 Å². The molecular weight excluding hydrogens is 376 g/mol. The molecular formula is C20H32N4O5. The summed E-state index contributed by atoms with van der Waals surface area (Å²) in [5.74, 6) is 0.848. The van der Waals surface area contributed by atoms with Gasteiger partial charge in [0.05, 0.1) is 18.8 Å². The third-order valence-corrected chi connectivity index (χ3v) is 5.88. The van der Waals surface area contributed by atoms with Crippen LogP contribution in [0.15, 0.2) is 4.52 Å². The molecule has 1 aromatic rings. The van der Waals surface area contributed by atoms with E-state index in [1.54, 1.807) is 13.8 Å². The zero-order chi connectivity index (χ0) is 20.8. The van der Waals surface area contributed by atoms with Gasteiger partial charge in [0.25, 0.3) is 0 Å². The van der Waals surface area contributed by atoms with Crippen LogP contribution in [0, 0.1) is 19.8 Å². The van der Waals surface area contributed by atoms with Gasteiger partial charge >= 0.3 is 6.03 Å². The minimum absolute atomic E-state index is 0.0419. The molecule has 2 heterocycles. The van der Waals surface area contributed by atoms with Crippen molar-refractivity contribution in [3.8, 4) is 0 Å². The Morgan fingerprint density at radius 1 is 1.17 bits per heavy atom. The summed E-state index contributed by atoms with van der Waals surface area (Å²) in [6, 6.07) is -0.668. The fourth-order valence-corrected chi connectivity index (χ4v) is 4.18. The summed E-state index contributed by atoms with van der Waals surface area (Å²) >= 11 is 0. The summed E-state index contributed by atoms with van der Waals surface area (Å²) in [5, 5.41) is 22.1. The van der Waals surface area contributed by atoms with E-state index >= 15 is 0 Å². The van der Waals surface area contributed by atoms with Gasteiger partial charge in [-0.1, -0.05) is 18.0 Å². The number of amides is 3. The van der Waals surface area contributed by atoms with Crippen LogP contribution in [0.3, 0.4) is 0 Å². The molecule has 29 heavy (non-hydrogen) atoms. The minimum atomic E-state index is -0.477. The fourth-order valence-electron chi connectivity index (χ4n) is 4.18. The SMILES string of the molecule is Cc1noc(C)c1NC(=O)N[C@@H]1CC[C@@H](CCNC(=O)C2CCCC2)O[C@@H]1CO. The van der Waals surface area contributed by atoms with E-state index in [9.17, 15) is 14.7 Å². The molecule has 2 fully saturated rings. The van der Waals surface area contributed by atoms with Crippen molar-refractivity contribution in [1.82, 2.24) is 15.8 Å². The van der Waals surface area contributed by atoms with Gasteiger partial charge in [-0.2, -0.15) is 0 Å². The van der Waals surface area contributed by atoms with Crippen LogP contribution in [-0.2, 0) is 9.53 Å². The van der Waals surface area contributed by atoms with E-state index in [0.29, 0.717) is 36.5 Å². The first-order valence-corrected chi connectivity index (χ1v) is 10.5. The Morgan fingerprint density at radius 3 is 2.59 bits per heavy atom. The summed E-state index contributed by atoms with van der Waals surface area (Å²) < 4.78 is 11.0. The van der Waals surface area contributed by atoms with Gasteiger partial charge < -0.3 is 30.3 Å². The third kappa shape index (κ3) is 5.70. The molecule has 162 valence electrons. The molecule has 4 N–H and O–H groups in total. The Labute approximate surface area is 170 Å². The highest BCUT2D eigenvalue weighted by Crippen LogP contribution is 2.25. The highest BCUT2D eigenvalue weighted by atomic mass is 16.5. The molecule has 9 nitrogen and oxygen atoms in total. The quantitative estimate of drug-likeness (QED) is 0.547. The summed E-state index contributed by atoms with van der Waals surface area (Å²) in [5.41, 5.74) is 1.16. The van der Waals surface area contributed by atoms with Crippen molar-refractivity contribution in [2.75, 3.05) is 18.5 Å². The monoisotopic (exact) mass is 408 g/mol. The van der Waals surface area contributed by atoms with Gasteiger partial charge in [0, 0.05) is 12.5 Å². The molecule has 1 saturated carbocycles. The van der Waals surface area contributed by atoms with Crippen LogP contribution in [0.25, 0.3) is 0 Å². The van der Waals surface area contributed by atoms with Crippen molar-refractivity contribution in [3.63, 3.8) is 0 Å². The summed E-state index contributed by atoms with van der Waals surface area (Å²) in [6.45, 7) is 3.87. The zero-order valence-electron chi connectivity index (χ0n) is 17.2. The number of aliphatic hydroxyl groups excluding tert-OH is 1. The topological polar surface area (TPSA) is 126 Å². The normalized spacial score (nSPS) is 25.0.